The van der Waals surface area contributed by atoms with E-state index in [1.54, 1.807) is 20.1 Å². The topological polar surface area (TPSA) is 60.8 Å². The third-order valence-electron chi connectivity index (χ3n) is 6.02. The van der Waals surface area contributed by atoms with Gasteiger partial charge in [-0.25, -0.2) is 4.79 Å². The zero-order valence-corrected chi connectivity index (χ0v) is 22.3. The highest BCUT2D eigenvalue weighted by molar-refractivity contribution is 9.10. The van der Waals surface area contributed by atoms with Gasteiger partial charge in [-0.3, -0.25) is 9.69 Å². The van der Waals surface area contributed by atoms with E-state index in [-0.39, 0.29) is 17.1 Å². The van der Waals surface area contributed by atoms with Crippen LogP contribution in [0, 0.1) is 13.8 Å². The van der Waals surface area contributed by atoms with Crippen molar-refractivity contribution in [3.8, 4) is 11.4 Å². The van der Waals surface area contributed by atoms with Crippen molar-refractivity contribution in [1.29, 1.82) is 0 Å². The van der Waals surface area contributed by atoms with Gasteiger partial charge in [-0.1, -0.05) is 33.6 Å². The molecule has 0 fully saturated rings. The van der Waals surface area contributed by atoms with Gasteiger partial charge in [0.15, 0.2) is 0 Å². The van der Waals surface area contributed by atoms with E-state index in [1.165, 1.54) is 12.0 Å². The molecule has 4 rings (SSSR count). The average molecular weight is 556 g/mol. The molecule has 0 radical (unpaired) electrons. The number of carbonyl (C=O) groups is 2. The van der Waals surface area contributed by atoms with Crippen LogP contribution in [0.1, 0.15) is 23.9 Å². The Bertz CT molecular complexity index is 1420. The number of carbonyl (C=O) groups excluding carboxylic acids is 2. The number of allylic oxidation sites excluding steroid dienone is 1. The van der Waals surface area contributed by atoms with Crippen molar-refractivity contribution in [2.45, 2.75) is 20.8 Å². The molecule has 0 bridgehead atoms. The summed E-state index contributed by atoms with van der Waals surface area (Å²) in [6, 6.07) is 14.9. The maximum atomic E-state index is 13.6. The van der Waals surface area contributed by atoms with Crippen LogP contribution in [0.2, 0.25) is 5.02 Å². The zero-order chi connectivity index (χ0) is 25.4. The summed E-state index contributed by atoms with van der Waals surface area (Å²) in [5, 5.41) is 0.500. The molecule has 35 heavy (non-hydrogen) atoms. The first-order valence-electron chi connectivity index (χ1n) is 10.8. The van der Waals surface area contributed by atoms with E-state index in [2.05, 4.69) is 15.9 Å². The predicted molar refractivity (Wildman–Crippen MR) is 141 cm³/mol. The standard InChI is InChI=1S/C27H24BrClN2O4/c1-15-11-18(16(2)30(15)21-9-10-24(34-4)23(29)14-21)12-22-25(27(33)35-5)17(3)31(26(22)32)20-8-6-7-19(28)13-20/h6-14H,1-5H3/b22-12-. The minimum atomic E-state index is -0.560. The van der Waals surface area contributed by atoms with Crippen LogP contribution in [-0.2, 0) is 14.3 Å². The normalized spacial score (nSPS) is 14.8. The molecule has 3 aromatic rings. The smallest absolute Gasteiger partial charge is 0.340 e. The molecule has 1 aromatic heterocycles. The third-order valence-corrected chi connectivity index (χ3v) is 6.81. The van der Waals surface area contributed by atoms with Crippen molar-refractivity contribution < 1.29 is 19.1 Å². The monoisotopic (exact) mass is 554 g/mol. The lowest BCUT2D eigenvalue weighted by molar-refractivity contribution is -0.136. The number of aromatic nitrogens is 1. The van der Waals surface area contributed by atoms with Gasteiger partial charge in [-0.2, -0.15) is 0 Å². The highest BCUT2D eigenvalue weighted by Crippen LogP contribution is 2.37. The molecule has 0 saturated heterocycles. The molecule has 180 valence electrons. The zero-order valence-electron chi connectivity index (χ0n) is 20.0. The number of nitrogens with zero attached hydrogens (tertiary/aromatic N) is 2. The number of anilines is 1. The van der Waals surface area contributed by atoms with Gasteiger partial charge in [0.2, 0.25) is 0 Å². The van der Waals surface area contributed by atoms with E-state index in [1.807, 2.05) is 66.9 Å². The fourth-order valence-electron chi connectivity index (χ4n) is 4.39. The number of ether oxygens (including phenoxy) is 2. The van der Waals surface area contributed by atoms with Crippen LogP contribution >= 0.6 is 27.5 Å². The van der Waals surface area contributed by atoms with E-state index in [9.17, 15) is 9.59 Å². The summed E-state index contributed by atoms with van der Waals surface area (Å²) in [5.41, 5.74) is 5.22. The molecular formula is C27H24BrClN2O4. The minimum Gasteiger partial charge on any atom is -0.495 e. The van der Waals surface area contributed by atoms with Gasteiger partial charge in [0, 0.05) is 27.2 Å². The quantitative estimate of drug-likeness (QED) is 0.270. The van der Waals surface area contributed by atoms with Crippen LogP contribution in [0.25, 0.3) is 11.8 Å². The molecule has 6 nitrogen and oxygen atoms in total. The summed E-state index contributed by atoms with van der Waals surface area (Å²) in [7, 11) is 2.88. The number of rotatable bonds is 5. The summed E-state index contributed by atoms with van der Waals surface area (Å²) < 4.78 is 13.2. The number of esters is 1. The second-order valence-electron chi connectivity index (χ2n) is 8.11. The average Bonchev–Trinajstić information content (AvgIpc) is 3.24. The van der Waals surface area contributed by atoms with Crippen molar-refractivity contribution in [2.75, 3.05) is 19.1 Å². The summed E-state index contributed by atoms with van der Waals surface area (Å²) in [5.74, 6) is -0.263. The molecule has 1 aliphatic rings. The first-order valence-corrected chi connectivity index (χ1v) is 12.0. The van der Waals surface area contributed by atoms with Gasteiger partial charge >= 0.3 is 5.97 Å². The molecule has 0 spiro atoms. The first-order chi connectivity index (χ1) is 16.7. The predicted octanol–water partition coefficient (Wildman–Crippen LogP) is 6.40. The maximum Gasteiger partial charge on any atom is 0.340 e. The molecule has 0 atom stereocenters. The number of benzene rings is 2. The first kappa shape index (κ1) is 24.8. The second-order valence-corrected chi connectivity index (χ2v) is 9.43. The summed E-state index contributed by atoms with van der Waals surface area (Å²) in [4.78, 5) is 27.9. The van der Waals surface area contributed by atoms with Gasteiger partial charge < -0.3 is 14.0 Å². The van der Waals surface area contributed by atoms with Crippen molar-refractivity contribution in [3.05, 3.63) is 91.8 Å². The molecule has 0 unspecified atom stereocenters. The van der Waals surface area contributed by atoms with Crippen LogP contribution in [-0.4, -0.2) is 30.7 Å². The Morgan fingerprint density at radius 2 is 1.77 bits per heavy atom. The van der Waals surface area contributed by atoms with Gasteiger partial charge in [-0.15, -0.1) is 0 Å². The van der Waals surface area contributed by atoms with Crippen LogP contribution in [0.15, 0.2) is 69.8 Å². The lowest BCUT2D eigenvalue weighted by Gasteiger charge is -2.18. The fraction of sp³-hybridized carbons (Fsp3) is 0.185. The Morgan fingerprint density at radius 1 is 1.03 bits per heavy atom. The molecule has 2 aromatic carbocycles. The Labute approximate surface area is 217 Å². The lowest BCUT2D eigenvalue weighted by atomic mass is 10.0. The van der Waals surface area contributed by atoms with E-state index in [0.717, 1.165) is 27.1 Å². The molecule has 1 amide bonds. The Hall–Kier alpha value is -3.29. The van der Waals surface area contributed by atoms with E-state index < -0.39 is 5.97 Å². The molecule has 2 heterocycles. The van der Waals surface area contributed by atoms with Crippen LogP contribution in [0.5, 0.6) is 5.75 Å². The highest BCUT2D eigenvalue weighted by Gasteiger charge is 2.38. The molecular weight excluding hydrogens is 532 g/mol. The summed E-state index contributed by atoms with van der Waals surface area (Å²) in [6.07, 6.45) is 1.75. The number of amides is 1. The van der Waals surface area contributed by atoms with Gasteiger partial charge in [0.05, 0.1) is 36.1 Å². The molecule has 8 heteroatoms. The number of methoxy groups -OCH3 is 2. The van der Waals surface area contributed by atoms with E-state index in [4.69, 9.17) is 21.1 Å². The molecule has 0 saturated carbocycles. The molecule has 0 aliphatic carbocycles. The number of halogens is 2. The van der Waals surface area contributed by atoms with Gasteiger partial charge in [0.1, 0.15) is 5.75 Å². The van der Waals surface area contributed by atoms with E-state index >= 15 is 0 Å². The van der Waals surface area contributed by atoms with Crippen molar-refractivity contribution in [2.24, 2.45) is 0 Å². The minimum absolute atomic E-state index is 0.245. The summed E-state index contributed by atoms with van der Waals surface area (Å²) in [6.45, 7) is 5.67. The van der Waals surface area contributed by atoms with E-state index in [0.29, 0.717) is 22.2 Å². The number of hydrogen-bond acceptors (Lipinski definition) is 4. The van der Waals surface area contributed by atoms with Gasteiger partial charge in [-0.05, 0) is 74.9 Å². The van der Waals surface area contributed by atoms with Gasteiger partial charge in [0.25, 0.3) is 5.91 Å². The van der Waals surface area contributed by atoms with Crippen molar-refractivity contribution in [3.63, 3.8) is 0 Å². The third kappa shape index (κ3) is 4.42. The maximum absolute atomic E-state index is 13.6. The lowest BCUT2D eigenvalue weighted by Crippen LogP contribution is -2.24. The summed E-state index contributed by atoms with van der Waals surface area (Å²) >= 11 is 9.81. The van der Waals surface area contributed by atoms with Crippen LogP contribution in [0.3, 0.4) is 0 Å². The molecule has 0 N–H and O–H groups in total. The van der Waals surface area contributed by atoms with Crippen molar-refractivity contribution in [1.82, 2.24) is 4.57 Å². The fourth-order valence-corrected chi connectivity index (χ4v) is 5.03. The Kier molecular flexibility index (Phi) is 6.92. The number of hydrogen-bond donors (Lipinski definition) is 0. The van der Waals surface area contributed by atoms with Crippen LogP contribution < -0.4 is 9.64 Å². The van der Waals surface area contributed by atoms with Crippen LogP contribution in [0.4, 0.5) is 5.69 Å². The number of aryl methyl sites for hydroxylation is 1. The Balaban J connectivity index is 1.84. The Morgan fingerprint density at radius 3 is 2.40 bits per heavy atom. The molecule has 1 aliphatic heterocycles. The second kappa shape index (κ2) is 9.76. The highest BCUT2D eigenvalue weighted by atomic mass is 79.9. The van der Waals surface area contributed by atoms with Crippen molar-refractivity contribution >= 4 is 51.2 Å². The SMILES string of the molecule is COC(=O)C1=C(C)N(c2cccc(Br)c2)C(=O)/C1=C\c1cc(C)n(-c2ccc(OC)c(Cl)c2)c1C. The largest absolute Gasteiger partial charge is 0.495 e.